The molecule has 0 spiro atoms. The van der Waals surface area contributed by atoms with E-state index in [1.165, 1.54) is 11.9 Å². The summed E-state index contributed by atoms with van der Waals surface area (Å²) in [5.74, 6) is -0.651. The molecule has 0 radical (unpaired) electrons. The lowest BCUT2D eigenvalue weighted by Crippen LogP contribution is -2.22. The van der Waals surface area contributed by atoms with Crippen molar-refractivity contribution in [1.82, 2.24) is 14.9 Å². The number of hydrogen-bond acceptors (Lipinski definition) is 5. The first-order chi connectivity index (χ1) is 11.2. The third-order valence-electron chi connectivity index (χ3n) is 3.14. The molecule has 1 aromatic heterocycles. The van der Waals surface area contributed by atoms with Gasteiger partial charge in [0.15, 0.2) is 0 Å². The summed E-state index contributed by atoms with van der Waals surface area (Å²) in [6, 6.07) is 6.61. The molecule has 1 heterocycles. The largest absolute Gasteiger partial charge is 0.421 e. The Morgan fingerprint density at radius 3 is 2.46 bits per heavy atom. The smallest absolute Gasteiger partial charge is 0.372 e. The molecule has 1 aromatic carbocycles. The fourth-order valence-electron chi connectivity index (χ4n) is 1.98. The Morgan fingerprint density at radius 2 is 1.88 bits per heavy atom. The van der Waals surface area contributed by atoms with Crippen LogP contribution in [0.3, 0.4) is 0 Å². The number of aromatic nitrogens is 2. The van der Waals surface area contributed by atoms with Gasteiger partial charge in [-0.2, -0.15) is 18.2 Å². The minimum absolute atomic E-state index is 0.0497. The molecule has 128 valence electrons. The average Bonchev–Trinajstić information content (AvgIpc) is 2.53. The summed E-state index contributed by atoms with van der Waals surface area (Å²) in [5.41, 5.74) is -0.205. The molecule has 0 saturated heterocycles. The maximum absolute atomic E-state index is 12.9. The summed E-state index contributed by atoms with van der Waals surface area (Å²) in [4.78, 5) is 21.1. The van der Waals surface area contributed by atoms with Crippen LogP contribution in [0.4, 0.5) is 30.6 Å². The van der Waals surface area contributed by atoms with E-state index >= 15 is 0 Å². The molecule has 0 atom stereocenters. The molecular formula is C15H16F3N5O. The van der Waals surface area contributed by atoms with Crippen molar-refractivity contribution in [3.8, 4) is 0 Å². The number of hydrogen-bond donors (Lipinski definition) is 2. The first-order valence-corrected chi connectivity index (χ1v) is 6.93. The second-order valence-electron chi connectivity index (χ2n) is 5.07. The quantitative estimate of drug-likeness (QED) is 0.896. The fourth-order valence-corrected chi connectivity index (χ4v) is 1.98. The highest BCUT2D eigenvalue weighted by molar-refractivity contribution is 5.99. The molecule has 9 heteroatoms. The Hall–Kier alpha value is -2.84. The van der Waals surface area contributed by atoms with E-state index in [0.29, 0.717) is 17.4 Å². The lowest BCUT2D eigenvalue weighted by molar-refractivity contribution is -0.137. The minimum atomic E-state index is -4.56. The number of benzene rings is 1. The number of nitrogens with one attached hydrogen (secondary N) is 2. The summed E-state index contributed by atoms with van der Waals surface area (Å²) in [7, 11) is 4.55. The molecule has 2 N–H and O–H groups in total. The van der Waals surface area contributed by atoms with E-state index in [1.807, 2.05) is 0 Å². The number of halogens is 3. The minimum Gasteiger partial charge on any atom is -0.372 e. The van der Waals surface area contributed by atoms with E-state index in [9.17, 15) is 18.0 Å². The van der Waals surface area contributed by atoms with Gasteiger partial charge in [0.1, 0.15) is 11.4 Å². The third-order valence-corrected chi connectivity index (χ3v) is 3.14. The van der Waals surface area contributed by atoms with Crippen molar-refractivity contribution in [2.75, 3.05) is 31.8 Å². The van der Waals surface area contributed by atoms with Crippen molar-refractivity contribution in [3.05, 3.63) is 41.6 Å². The normalized spacial score (nSPS) is 11.1. The molecule has 0 aliphatic carbocycles. The monoisotopic (exact) mass is 339 g/mol. The number of rotatable bonds is 4. The maximum atomic E-state index is 12.9. The van der Waals surface area contributed by atoms with Gasteiger partial charge in [0, 0.05) is 27.3 Å². The van der Waals surface area contributed by atoms with Crippen molar-refractivity contribution in [2.45, 2.75) is 6.18 Å². The van der Waals surface area contributed by atoms with Gasteiger partial charge in [-0.25, -0.2) is 4.98 Å². The van der Waals surface area contributed by atoms with Crippen LogP contribution in [0.1, 0.15) is 15.9 Å². The number of alkyl halides is 3. The van der Waals surface area contributed by atoms with Gasteiger partial charge in [-0.05, 0) is 12.1 Å². The van der Waals surface area contributed by atoms with Gasteiger partial charge in [-0.15, -0.1) is 0 Å². The molecule has 24 heavy (non-hydrogen) atoms. The van der Waals surface area contributed by atoms with Crippen molar-refractivity contribution >= 4 is 23.4 Å². The van der Waals surface area contributed by atoms with E-state index in [-0.39, 0.29) is 17.7 Å². The molecule has 1 amide bonds. The number of para-hydroxylation sites is 1. The molecule has 0 aliphatic rings. The van der Waals surface area contributed by atoms with Crippen LogP contribution in [-0.4, -0.2) is 41.9 Å². The molecule has 0 bridgehead atoms. The maximum Gasteiger partial charge on any atom is 0.421 e. The van der Waals surface area contributed by atoms with Crippen LogP contribution >= 0.6 is 0 Å². The van der Waals surface area contributed by atoms with Gasteiger partial charge >= 0.3 is 6.18 Å². The van der Waals surface area contributed by atoms with Crippen LogP contribution in [-0.2, 0) is 6.18 Å². The second-order valence-corrected chi connectivity index (χ2v) is 5.07. The Balaban J connectivity index is 2.38. The van der Waals surface area contributed by atoms with E-state index in [4.69, 9.17) is 0 Å². The number of amides is 1. The van der Waals surface area contributed by atoms with Crippen LogP contribution in [0, 0.1) is 0 Å². The average molecular weight is 339 g/mol. The molecule has 0 unspecified atom stereocenters. The molecule has 6 nitrogen and oxygen atoms in total. The summed E-state index contributed by atoms with van der Waals surface area (Å²) >= 11 is 0. The lowest BCUT2D eigenvalue weighted by Gasteiger charge is -2.16. The van der Waals surface area contributed by atoms with Gasteiger partial charge in [0.05, 0.1) is 11.3 Å². The van der Waals surface area contributed by atoms with Crippen LogP contribution in [0.25, 0.3) is 0 Å². The van der Waals surface area contributed by atoms with Crippen LogP contribution < -0.4 is 10.6 Å². The molecule has 0 fully saturated rings. The highest BCUT2D eigenvalue weighted by Crippen LogP contribution is 2.34. The highest BCUT2D eigenvalue weighted by Gasteiger charge is 2.35. The first kappa shape index (κ1) is 17.5. The molecule has 0 aliphatic heterocycles. The Morgan fingerprint density at radius 1 is 1.21 bits per heavy atom. The number of carbonyl (C=O) groups is 1. The topological polar surface area (TPSA) is 70.2 Å². The summed E-state index contributed by atoms with van der Waals surface area (Å²) in [5, 5.41) is 5.18. The molecule has 2 aromatic rings. The predicted molar refractivity (Wildman–Crippen MR) is 84.3 cm³/mol. The number of carbonyl (C=O) groups excluding carboxylic acids is 1. The zero-order valence-electron chi connectivity index (χ0n) is 13.3. The molecule has 0 saturated carbocycles. The fraction of sp³-hybridized carbons (Fsp3) is 0.267. The van der Waals surface area contributed by atoms with E-state index in [0.717, 1.165) is 0 Å². The van der Waals surface area contributed by atoms with Crippen molar-refractivity contribution in [1.29, 1.82) is 0 Å². The SMILES string of the molecule is CNc1nc(Nc2ccccc2C(=O)N(C)C)ncc1C(F)(F)F. The van der Waals surface area contributed by atoms with E-state index < -0.39 is 11.7 Å². The van der Waals surface area contributed by atoms with Crippen LogP contribution in [0.5, 0.6) is 0 Å². The van der Waals surface area contributed by atoms with Crippen LogP contribution in [0.15, 0.2) is 30.5 Å². The molecular weight excluding hydrogens is 323 g/mol. The van der Waals surface area contributed by atoms with Gasteiger partial charge in [0.2, 0.25) is 5.95 Å². The molecule has 2 rings (SSSR count). The Labute approximate surface area is 136 Å². The summed E-state index contributed by atoms with van der Waals surface area (Å²) in [6.07, 6.45) is -3.87. The van der Waals surface area contributed by atoms with Gasteiger partial charge in [-0.1, -0.05) is 12.1 Å². The zero-order valence-corrected chi connectivity index (χ0v) is 13.3. The predicted octanol–water partition coefficient (Wildman–Crippen LogP) is 2.98. The van der Waals surface area contributed by atoms with Gasteiger partial charge in [0.25, 0.3) is 5.91 Å². The van der Waals surface area contributed by atoms with Crippen molar-refractivity contribution < 1.29 is 18.0 Å². The van der Waals surface area contributed by atoms with Crippen molar-refractivity contribution in [2.24, 2.45) is 0 Å². The van der Waals surface area contributed by atoms with E-state index in [1.54, 1.807) is 38.4 Å². The summed E-state index contributed by atoms with van der Waals surface area (Å²) in [6.45, 7) is 0. The first-order valence-electron chi connectivity index (χ1n) is 6.93. The van der Waals surface area contributed by atoms with Crippen LogP contribution in [0.2, 0.25) is 0 Å². The van der Waals surface area contributed by atoms with Gasteiger partial charge < -0.3 is 15.5 Å². The Bertz CT molecular complexity index is 746. The lowest BCUT2D eigenvalue weighted by atomic mass is 10.1. The van der Waals surface area contributed by atoms with E-state index in [2.05, 4.69) is 20.6 Å². The highest BCUT2D eigenvalue weighted by atomic mass is 19.4. The summed E-state index contributed by atoms with van der Waals surface area (Å²) < 4.78 is 38.6. The number of nitrogens with zero attached hydrogens (tertiary/aromatic N) is 3. The zero-order chi connectivity index (χ0) is 17.9. The van der Waals surface area contributed by atoms with Gasteiger partial charge in [-0.3, -0.25) is 4.79 Å². The standard InChI is InChI=1S/C15H16F3N5O/c1-19-12-10(15(16,17)18)8-20-14(22-12)21-11-7-5-4-6-9(11)13(24)23(2)3/h4-8H,1-3H3,(H2,19,20,21,22). The number of anilines is 3. The Kier molecular flexibility index (Phi) is 4.91. The van der Waals surface area contributed by atoms with Crippen molar-refractivity contribution in [3.63, 3.8) is 0 Å². The second kappa shape index (κ2) is 6.73. The third kappa shape index (κ3) is 3.73.